The molecule has 0 unspecified atom stereocenters. The molecule has 0 atom stereocenters. The van der Waals surface area contributed by atoms with E-state index in [1.807, 2.05) is 0 Å². The molecule has 2 heterocycles. The lowest BCUT2D eigenvalue weighted by Gasteiger charge is -2.34. The van der Waals surface area contributed by atoms with Crippen LogP contribution in [0.3, 0.4) is 0 Å². The van der Waals surface area contributed by atoms with E-state index >= 15 is 0 Å². The Morgan fingerprint density at radius 1 is 1.17 bits per heavy atom. The first-order valence-corrected chi connectivity index (χ1v) is 7.16. The first-order chi connectivity index (χ1) is 15.5. The van der Waals surface area contributed by atoms with Gasteiger partial charge >= 0.3 is 0 Å². The Kier molecular flexibility index (Phi) is 1.74. The first kappa shape index (κ1) is 6.83. The summed E-state index contributed by atoms with van der Waals surface area (Å²) in [5.74, 6) is -0.501. The molecular weight excluding hydrogens is 308 g/mol. The summed E-state index contributed by atoms with van der Waals surface area (Å²) >= 11 is 6.06. The molecule has 2 aromatic rings. The maximum atomic E-state index is 8.58. The van der Waals surface area contributed by atoms with E-state index in [0.717, 1.165) is 7.05 Å². The number of amidine groups is 1. The second kappa shape index (κ2) is 5.87. The Morgan fingerprint density at radius 2 is 1.96 bits per heavy atom. The quantitative estimate of drug-likeness (QED) is 0.794. The van der Waals surface area contributed by atoms with Crippen molar-refractivity contribution in [2.75, 3.05) is 38.4 Å². The number of anilines is 2. The molecular formula is C18H19ClN4. The van der Waals surface area contributed by atoms with Gasteiger partial charge in [-0.25, -0.2) is 4.99 Å². The summed E-state index contributed by atoms with van der Waals surface area (Å²) in [7, 11) is 0.955. The largest absolute Gasteiger partial charge is 0.353 e. The zero-order valence-corrected chi connectivity index (χ0v) is 12.8. The number of hydrogen-bond acceptors (Lipinski definition) is 4. The molecule has 4 nitrogen and oxygen atoms in total. The number of rotatable bonds is 0. The first-order valence-electron chi connectivity index (χ1n) is 12.3. The van der Waals surface area contributed by atoms with Crippen LogP contribution in [-0.2, 0) is 0 Å². The molecule has 0 spiro atoms. The molecule has 0 bridgehead atoms. The van der Waals surface area contributed by atoms with E-state index in [1.54, 1.807) is 12.1 Å². The highest BCUT2D eigenvalue weighted by Gasteiger charge is 2.23. The van der Waals surface area contributed by atoms with E-state index in [9.17, 15) is 0 Å². The van der Waals surface area contributed by atoms with Crippen LogP contribution in [0.2, 0.25) is 5.02 Å². The number of benzene rings is 2. The molecule has 1 fully saturated rings. The van der Waals surface area contributed by atoms with E-state index in [2.05, 4.69) is 10.3 Å². The van der Waals surface area contributed by atoms with Crippen molar-refractivity contribution in [2.45, 2.75) is 0 Å². The zero-order valence-electron chi connectivity index (χ0n) is 23.0. The van der Waals surface area contributed by atoms with Gasteiger partial charge in [-0.15, -0.1) is 0 Å². The van der Waals surface area contributed by atoms with Crippen LogP contribution in [0.4, 0.5) is 17.1 Å². The van der Waals surface area contributed by atoms with Crippen LogP contribution in [0, 0.1) is 0 Å². The number of piperazine rings is 1. The van der Waals surface area contributed by atoms with Crippen molar-refractivity contribution in [3.8, 4) is 0 Å². The van der Waals surface area contributed by atoms with Crippen molar-refractivity contribution in [1.82, 2.24) is 9.80 Å². The van der Waals surface area contributed by atoms with Crippen LogP contribution < -0.4 is 5.32 Å². The summed E-state index contributed by atoms with van der Waals surface area (Å²) in [6, 6.07) is 4.80. The molecule has 0 saturated carbocycles. The van der Waals surface area contributed by atoms with Crippen LogP contribution in [0.1, 0.15) is 20.6 Å². The van der Waals surface area contributed by atoms with Crippen molar-refractivity contribution >= 4 is 34.5 Å². The molecule has 23 heavy (non-hydrogen) atoms. The number of nitrogens with one attached hydrogen (secondary N) is 1. The minimum atomic E-state index is -3.15. The van der Waals surface area contributed by atoms with Crippen molar-refractivity contribution in [3.05, 3.63) is 53.0 Å². The molecule has 2 aromatic carbocycles. The smallest absolute Gasteiger partial charge is 0.138 e. The minimum absolute atomic E-state index is 0.0732. The number of hydrogen-bond donors (Lipinski definition) is 1. The van der Waals surface area contributed by atoms with Gasteiger partial charge in [-0.05, 0) is 37.3 Å². The molecule has 1 N–H and O–H groups in total. The highest BCUT2D eigenvalue weighted by Crippen LogP contribution is 2.36. The molecule has 0 aliphatic carbocycles. The van der Waals surface area contributed by atoms with Crippen molar-refractivity contribution in [3.63, 3.8) is 0 Å². The van der Waals surface area contributed by atoms with Gasteiger partial charge in [-0.3, -0.25) is 0 Å². The SMILES string of the molecule is [2H]c1c([2H])c2c(c([2H])c1Cl)N=C(N1C([2H])([2H])C([2H])([2H])N(C)C([2H])([2H])C1([2H])[2H])c1ccccc1N2. The van der Waals surface area contributed by atoms with Gasteiger partial charge < -0.3 is 15.1 Å². The van der Waals surface area contributed by atoms with E-state index in [0.29, 0.717) is 9.80 Å². The second-order valence-electron chi connectivity index (χ2n) is 4.86. The second-order valence-corrected chi connectivity index (χ2v) is 5.24. The third kappa shape index (κ3) is 2.80. The van der Waals surface area contributed by atoms with E-state index in [1.165, 1.54) is 12.1 Å². The Bertz CT molecular complexity index is 1200. The minimum Gasteiger partial charge on any atom is -0.353 e. The molecule has 0 amide bonds. The number of para-hydroxylation sites is 1. The van der Waals surface area contributed by atoms with Crippen LogP contribution >= 0.6 is 11.6 Å². The Morgan fingerprint density at radius 3 is 2.78 bits per heavy atom. The molecule has 2 aliphatic rings. The predicted molar refractivity (Wildman–Crippen MR) is 96.4 cm³/mol. The van der Waals surface area contributed by atoms with Crippen LogP contribution in [0.25, 0.3) is 0 Å². The van der Waals surface area contributed by atoms with E-state index in [4.69, 9.17) is 26.7 Å². The lowest BCUT2D eigenvalue weighted by Crippen LogP contribution is -2.47. The zero-order chi connectivity index (χ0) is 25.6. The summed E-state index contributed by atoms with van der Waals surface area (Å²) in [6.45, 7) is -12.3. The Labute approximate surface area is 156 Å². The average molecular weight is 338 g/mol. The van der Waals surface area contributed by atoms with Crippen LogP contribution in [-0.4, -0.2) is 48.7 Å². The van der Waals surface area contributed by atoms with E-state index in [-0.39, 0.29) is 22.6 Å². The molecule has 0 aromatic heterocycles. The van der Waals surface area contributed by atoms with Gasteiger partial charge in [-0.2, -0.15) is 0 Å². The number of fused-ring (bicyclic) bond motifs is 2. The maximum absolute atomic E-state index is 8.58. The van der Waals surface area contributed by atoms with Crippen molar-refractivity contribution in [2.24, 2.45) is 4.99 Å². The van der Waals surface area contributed by atoms with Gasteiger partial charge in [0.15, 0.2) is 0 Å². The van der Waals surface area contributed by atoms with Gasteiger partial charge in [0, 0.05) is 47.7 Å². The number of aliphatic imine (C=N–C) groups is 1. The number of nitrogens with zero attached hydrogens (tertiary/aromatic N) is 3. The van der Waals surface area contributed by atoms with Crippen molar-refractivity contribution < 1.29 is 15.1 Å². The fraction of sp³-hybridized carbons (Fsp3) is 0.278. The summed E-state index contributed by atoms with van der Waals surface area (Å²) in [5.41, 5.74) is -0.0997. The molecule has 2 aliphatic heterocycles. The fourth-order valence-electron chi connectivity index (χ4n) is 2.22. The number of likely N-dealkylation sites (N-methyl/N-ethyl adjacent to an activating group) is 1. The third-order valence-electron chi connectivity index (χ3n) is 3.28. The Balaban J connectivity index is 2.13. The molecule has 5 heteroatoms. The fourth-order valence-corrected chi connectivity index (χ4v) is 2.36. The normalized spacial score (nSPS) is 33.4. The van der Waals surface area contributed by atoms with Gasteiger partial charge in [-0.1, -0.05) is 23.7 Å². The van der Waals surface area contributed by atoms with Crippen LogP contribution in [0.5, 0.6) is 0 Å². The standard InChI is InChI=1S/C18H19ClN4/c1-22-8-10-23(11-9-22)18-14-4-2-3-5-15(14)20-16-7-6-13(19)12-17(16)21-18/h2-7,12,20H,8-11H2,1H3/i6D,7D,8D2,9D2,10D2,11D2,12D. The molecule has 118 valence electrons. The molecule has 1 saturated heterocycles. The molecule has 0 radical (unpaired) electrons. The van der Waals surface area contributed by atoms with Gasteiger partial charge in [0.2, 0.25) is 0 Å². The maximum Gasteiger partial charge on any atom is 0.138 e. The summed E-state index contributed by atoms with van der Waals surface area (Å²) < 4.78 is 92.3. The van der Waals surface area contributed by atoms with Crippen molar-refractivity contribution in [1.29, 1.82) is 0 Å². The number of halogens is 1. The highest BCUT2D eigenvalue weighted by molar-refractivity contribution is 6.31. The molecule has 4 rings (SSSR count). The van der Waals surface area contributed by atoms with Gasteiger partial charge in [0.25, 0.3) is 0 Å². The monoisotopic (exact) mass is 337 g/mol. The van der Waals surface area contributed by atoms with E-state index < -0.39 is 55.0 Å². The predicted octanol–water partition coefficient (Wildman–Crippen LogP) is 3.72. The van der Waals surface area contributed by atoms with Gasteiger partial charge in [0.05, 0.1) is 21.0 Å². The third-order valence-corrected chi connectivity index (χ3v) is 3.47. The summed E-state index contributed by atoms with van der Waals surface area (Å²) in [6.07, 6.45) is 0. The lowest BCUT2D eigenvalue weighted by molar-refractivity contribution is 0.216. The highest BCUT2D eigenvalue weighted by atomic mass is 35.5. The van der Waals surface area contributed by atoms with Gasteiger partial charge in [0.1, 0.15) is 5.84 Å². The summed E-state index contributed by atoms with van der Waals surface area (Å²) in [5, 5.41) is 2.49. The Hall–Kier alpha value is -2.04. The summed E-state index contributed by atoms with van der Waals surface area (Å²) in [4.78, 5) is 4.96. The van der Waals surface area contributed by atoms with Crippen LogP contribution in [0.15, 0.2) is 47.4 Å². The lowest BCUT2D eigenvalue weighted by atomic mass is 10.1. The topological polar surface area (TPSA) is 30.9 Å². The average Bonchev–Trinajstić information content (AvgIpc) is 2.92.